The largest absolute Gasteiger partial charge is 0.488 e. The van der Waals surface area contributed by atoms with Crippen molar-refractivity contribution in [1.29, 1.82) is 0 Å². The van der Waals surface area contributed by atoms with Gasteiger partial charge < -0.3 is 15.2 Å². The maximum absolute atomic E-state index is 14.2. The summed E-state index contributed by atoms with van der Waals surface area (Å²) in [6.45, 7) is 8.73. The van der Waals surface area contributed by atoms with Crippen LogP contribution in [0.2, 0.25) is 5.02 Å². The molecular weight excluding hydrogens is 624 g/mol. The number of benzene rings is 4. The summed E-state index contributed by atoms with van der Waals surface area (Å²) in [5.74, 6) is -0.714. The van der Waals surface area contributed by atoms with Gasteiger partial charge in [0.25, 0.3) is 15.9 Å². The lowest BCUT2D eigenvalue weighted by Gasteiger charge is -2.16. The quantitative estimate of drug-likeness (QED) is 0.117. The number of nitrogens with zero attached hydrogens (tertiary/aromatic N) is 1. The number of hydrogen-bond donors (Lipinski definition) is 1. The predicted octanol–water partition coefficient (Wildman–Crippen LogP) is 7.41. The summed E-state index contributed by atoms with van der Waals surface area (Å²) in [7, 11) is -4.08. The van der Waals surface area contributed by atoms with E-state index in [-0.39, 0.29) is 34.1 Å². The molecule has 0 unspecified atom stereocenters. The van der Waals surface area contributed by atoms with Crippen LogP contribution in [0, 0.1) is 20.8 Å². The van der Waals surface area contributed by atoms with Gasteiger partial charge in [-0.1, -0.05) is 60.2 Å². The summed E-state index contributed by atoms with van der Waals surface area (Å²) < 4.78 is 41.5. The van der Waals surface area contributed by atoms with E-state index >= 15 is 0 Å². The van der Waals surface area contributed by atoms with E-state index in [4.69, 9.17) is 26.8 Å². The fourth-order valence-electron chi connectivity index (χ4n) is 6.15. The number of aryl methyl sites for hydroxylation is 3. The molecule has 1 heterocycles. The van der Waals surface area contributed by atoms with Crippen LogP contribution < -0.4 is 15.2 Å². The van der Waals surface area contributed by atoms with E-state index < -0.39 is 28.3 Å². The Labute approximate surface area is 272 Å². The number of halogens is 1. The van der Waals surface area contributed by atoms with Gasteiger partial charge in [0.2, 0.25) is 5.78 Å². The first kappa shape index (κ1) is 31.4. The molecule has 0 aliphatic heterocycles. The van der Waals surface area contributed by atoms with Crippen LogP contribution in [-0.2, 0) is 10.0 Å². The maximum Gasteiger partial charge on any atom is 0.268 e. The monoisotopic (exact) mass is 656 g/mol. The van der Waals surface area contributed by atoms with Crippen LogP contribution in [0.15, 0.2) is 78.3 Å². The van der Waals surface area contributed by atoms with Crippen LogP contribution in [0.4, 0.5) is 0 Å². The van der Waals surface area contributed by atoms with Crippen LogP contribution in [0.1, 0.15) is 61.7 Å². The van der Waals surface area contributed by atoms with E-state index in [9.17, 15) is 18.0 Å². The van der Waals surface area contributed by atoms with Gasteiger partial charge in [-0.3, -0.25) is 9.59 Å². The van der Waals surface area contributed by atoms with Crippen molar-refractivity contribution in [3.8, 4) is 11.5 Å². The molecule has 1 saturated carbocycles. The molecule has 46 heavy (non-hydrogen) atoms. The van der Waals surface area contributed by atoms with Gasteiger partial charge >= 0.3 is 0 Å². The van der Waals surface area contributed by atoms with E-state index in [1.807, 2.05) is 31.2 Å². The van der Waals surface area contributed by atoms with Crippen LogP contribution >= 0.6 is 11.6 Å². The first-order valence-electron chi connectivity index (χ1n) is 14.8. The number of ether oxygens (including phenoxy) is 2. The number of nitrogens with two attached hydrogens (primary N) is 1. The van der Waals surface area contributed by atoms with Crippen LogP contribution in [0.25, 0.3) is 21.7 Å². The third-order valence-corrected chi connectivity index (χ3v) is 10.5. The zero-order valence-electron chi connectivity index (χ0n) is 25.7. The van der Waals surface area contributed by atoms with E-state index in [0.717, 1.165) is 24.0 Å². The molecule has 1 amide bonds. The number of rotatable bonds is 11. The first-order valence-corrected chi connectivity index (χ1v) is 16.7. The zero-order valence-corrected chi connectivity index (χ0v) is 27.3. The highest BCUT2D eigenvalue weighted by atomic mass is 35.5. The molecule has 0 spiro atoms. The highest BCUT2D eigenvalue weighted by Crippen LogP contribution is 2.42. The molecule has 0 bridgehead atoms. The van der Waals surface area contributed by atoms with E-state index in [1.54, 1.807) is 44.2 Å². The molecule has 1 aromatic heterocycles. The number of carbonyl (C=O) groups excluding carboxylic acids is 2. The Morgan fingerprint density at radius 2 is 1.72 bits per heavy atom. The van der Waals surface area contributed by atoms with Gasteiger partial charge in [-0.25, -0.2) is 12.4 Å². The van der Waals surface area contributed by atoms with Gasteiger partial charge in [0.15, 0.2) is 6.61 Å². The Morgan fingerprint density at radius 1 is 1.00 bits per heavy atom. The third-order valence-electron chi connectivity index (χ3n) is 8.24. The highest BCUT2D eigenvalue weighted by molar-refractivity contribution is 7.90. The molecule has 1 fully saturated rings. The van der Waals surface area contributed by atoms with Crippen molar-refractivity contribution in [2.45, 2.75) is 44.4 Å². The van der Waals surface area contributed by atoms with Crippen molar-refractivity contribution >= 4 is 55.0 Å². The average molecular weight is 657 g/mol. The number of primary amides is 1. The fraction of sp³-hybridized carbons (Fsp3) is 0.222. The average Bonchev–Trinajstić information content (AvgIpc) is 3.77. The van der Waals surface area contributed by atoms with Crippen LogP contribution in [0.3, 0.4) is 0 Å². The Balaban J connectivity index is 1.43. The smallest absolute Gasteiger partial charge is 0.268 e. The lowest BCUT2D eigenvalue weighted by Crippen LogP contribution is -2.18. The normalized spacial score (nSPS) is 13.2. The number of hydrogen-bond acceptors (Lipinski definition) is 6. The van der Waals surface area contributed by atoms with Gasteiger partial charge in [-0.15, -0.1) is 0 Å². The second-order valence-electron chi connectivity index (χ2n) is 11.7. The summed E-state index contributed by atoms with van der Waals surface area (Å²) in [5.41, 5.74) is 9.58. The van der Waals surface area contributed by atoms with Gasteiger partial charge in [0, 0.05) is 27.6 Å². The molecule has 0 saturated heterocycles. The van der Waals surface area contributed by atoms with E-state index in [1.165, 1.54) is 16.2 Å². The highest BCUT2D eigenvalue weighted by Gasteiger charge is 2.30. The van der Waals surface area contributed by atoms with Gasteiger partial charge in [0.05, 0.1) is 10.4 Å². The number of fused-ring (bicyclic) bond motifs is 2. The van der Waals surface area contributed by atoms with Crippen LogP contribution in [-0.4, -0.2) is 37.3 Å². The fourth-order valence-corrected chi connectivity index (χ4v) is 8.10. The number of aromatic nitrogens is 1. The molecule has 6 rings (SSSR count). The van der Waals surface area contributed by atoms with Crippen molar-refractivity contribution in [2.24, 2.45) is 5.73 Å². The minimum absolute atomic E-state index is 0.0474. The third kappa shape index (κ3) is 5.65. The molecule has 0 radical (unpaired) electrons. The summed E-state index contributed by atoms with van der Waals surface area (Å²) in [4.78, 5) is 26.7. The van der Waals surface area contributed by atoms with Crippen molar-refractivity contribution in [1.82, 2.24) is 3.97 Å². The summed E-state index contributed by atoms with van der Waals surface area (Å²) in [6, 6.07) is 15.9. The second kappa shape index (κ2) is 12.0. The molecule has 236 valence electrons. The standard InChI is InChI=1S/C36H33ClN2O6S/c1-5-12-44-34-28-17-26(37)10-8-25(28)16-32(33(34)36(38)41)45-19-31(40)29-18-39(30-15-24(23-6-7-23)9-11-27(29)30)46(42,43)35-21(3)13-20(2)14-22(35)4/h5,8-11,13-18,23H,1,6-7,12,19H2,2-4H3,(H2,38,41). The Hall–Kier alpha value is -4.60. The molecular formula is C36H33ClN2O6S. The zero-order chi connectivity index (χ0) is 32.9. The van der Waals surface area contributed by atoms with Gasteiger partial charge in [-0.2, -0.15) is 0 Å². The molecule has 0 atom stereocenters. The Kier molecular flexibility index (Phi) is 8.16. The second-order valence-corrected chi connectivity index (χ2v) is 13.9. The Bertz CT molecular complexity index is 2170. The van der Waals surface area contributed by atoms with Crippen molar-refractivity contribution in [3.63, 3.8) is 0 Å². The predicted molar refractivity (Wildman–Crippen MR) is 180 cm³/mol. The summed E-state index contributed by atoms with van der Waals surface area (Å²) >= 11 is 6.23. The topological polar surface area (TPSA) is 118 Å². The minimum Gasteiger partial charge on any atom is -0.488 e. The lowest BCUT2D eigenvalue weighted by atomic mass is 10.0. The molecule has 1 aliphatic rings. The number of Topliss-reactive ketones (excluding diaryl/α,β-unsaturated/α-hetero) is 1. The van der Waals surface area contributed by atoms with Gasteiger partial charge in [-0.05, 0) is 85.9 Å². The lowest BCUT2D eigenvalue weighted by molar-refractivity contribution is 0.0912. The minimum atomic E-state index is -4.08. The Morgan fingerprint density at radius 3 is 2.37 bits per heavy atom. The SMILES string of the molecule is C=CCOc1c(C(N)=O)c(OCC(=O)c2cn(S(=O)(=O)c3c(C)cc(C)cc3C)c3cc(C4CC4)ccc23)cc2ccc(Cl)cc12. The molecule has 8 nitrogen and oxygen atoms in total. The van der Waals surface area contributed by atoms with Crippen molar-refractivity contribution in [3.05, 3.63) is 112 Å². The summed E-state index contributed by atoms with van der Waals surface area (Å²) in [5, 5.41) is 2.11. The number of carbonyl (C=O) groups is 2. The van der Waals surface area contributed by atoms with Crippen molar-refractivity contribution in [2.75, 3.05) is 13.2 Å². The molecule has 5 aromatic rings. The molecule has 10 heteroatoms. The van der Waals surface area contributed by atoms with Crippen molar-refractivity contribution < 1.29 is 27.5 Å². The molecule has 1 aliphatic carbocycles. The molecule has 4 aromatic carbocycles. The van der Waals surface area contributed by atoms with Crippen LogP contribution in [0.5, 0.6) is 11.5 Å². The molecule has 2 N–H and O–H groups in total. The van der Waals surface area contributed by atoms with E-state index in [2.05, 4.69) is 6.58 Å². The maximum atomic E-state index is 14.2. The number of amides is 1. The first-order chi connectivity index (χ1) is 21.9. The number of ketones is 1. The summed E-state index contributed by atoms with van der Waals surface area (Å²) in [6.07, 6.45) is 4.97. The van der Waals surface area contributed by atoms with E-state index in [0.29, 0.717) is 43.7 Å². The van der Waals surface area contributed by atoms with Gasteiger partial charge in [0.1, 0.15) is 23.7 Å².